The fourth-order valence-electron chi connectivity index (χ4n) is 1.22. The van der Waals surface area contributed by atoms with Crippen molar-refractivity contribution in [3.05, 3.63) is 0 Å². The Morgan fingerprint density at radius 3 is 2.94 bits per heavy atom. The molecule has 18 heavy (non-hydrogen) atoms. The lowest BCUT2D eigenvalue weighted by Gasteiger charge is -2.07. The van der Waals surface area contributed by atoms with Crippen LogP contribution in [-0.2, 0) is 11.3 Å². The lowest BCUT2D eigenvalue weighted by molar-refractivity contribution is -0.118. The van der Waals surface area contributed by atoms with Gasteiger partial charge in [0, 0.05) is 13.6 Å². The zero-order valence-electron chi connectivity index (χ0n) is 11.0. The number of thioether (sulfide) groups is 1. The predicted octanol–water partition coefficient (Wildman–Crippen LogP) is -0.243. The van der Waals surface area contributed by atoms with Gasteiger partial charge in [-0.3, -0.25) is 4.79 Å². The fraction of sp³-hybridized carbons (Fsp3) is 0.800. The topological polar surface area (TPSA) is 84.7 Å². The van der Waals surface area contributed by atoms with E-state index in [1.807, 2.05) is 0 Å². The highest BCUT2D eigenvalue weighted by molar-refractivity contribution is 7.99. The van der Waals surface area contributed by atoms with Gasteiger partial charge in [0.2, 0.25) is 11.1 Å². The molecular formula is C10H20N6OS. The molecule has 1 aromatic heterocycles. The second kappa shape index (κ2) is 8.04. The van der Waals surface area contributed by atoms with Gasteiger partial charge < -0.3 is 10.6 Å². The van der Waals surface area contributed by atoms with Crippen molar-refractivity contribution in [3.8, 4) is 0 Å². The molecule has 0 bridgehead atoms. The normalized spacial score (nSPS) is 10.9. The zero-order valence-corrected chi connectivity index (χ0v) is 11.8. The second-order valence-corrected chi connectivity index (χ2v) is 5.19. The molecule has 102 valence electrons. The summed E-state index contributed by atoms with van der Waals surface area (Å²) in [4.78, 5) is 11.1. The number of carbonyl (C=O) groups is 1. The highest BCUT2D eigenvalue weighted by Gasteiger charge is 2.08. The van der Waals surface area contributed by atoms with E-state index in [2.05, 4.69) is 40.0 Å². The highest BCUT2D eigenvalue weighted by Crippen LogP contribution is 2.12. The number of carbonyl (C=O) groups excluding carboxylic acids is 1. The SMILES string of the molecule is CNC(=O)CSc1nnnn1CCNCC(C)C. The zero-order chi connectivity index (χ0) is 13.4. The summed E-state index contributed by atoms with van der Waals surface area (Å²) in [5.41, 5.74) is 0. The van der Waals surface area contributed by atoms with E-state index in [-0.39, 0.29) is 5.91 Å². The minimum atomic E-state index is -0.0347. The van der Waals surface area contributed by atoms with Crippen LogP contribution in [0, 0.1) is 5.92 Å². The Hall–Kier alpha value is -1.15. The molecule has 0 aromatic carbocycles. The van der Waals surface area contributed by atoms with Gasteiger partial charge in [-0.2, -0.15) is 0 Å². The smallest absolute Gasteiger partial charge is 0.230 e. The van der Waals surface area contributed by atoms with E-state index < -0.39 is 0 Å². The van der Waals surface area contributed by atoms with Crippen molar-refractivity contribution in [2.24, 2.45) is 5.92 Å². The molecule has 0 unspecified atom stereocenters. The van der Waals surface area contributed by atoms with Gasteiger partial charge in [0.15, 0.2) is 0 Å². The molecular weight excluding hydrogens is 252 g/mol. The monoisotopic (exact) mass is 272 g/mol. The van der Waals surface area contributed by atoms with Crippen molar-refractivity contribution in [2.75, 3.05) is 25.9 Å². The van der Waals surface area contributed by atoms with Crippen molar-refractivity contribution in [2.45, 2.75) is 25.5 Å². The number of nitrogens with zero attached hydrogens (tertiary/aromatic N) is 4. The molecule has 0 radical (unpaired) electrons. The van der Waals surface area contributed by atoms with E-state index in [1.165, 1.54) is 11.8 Å². The molecule has 1 aromatic rings. The lowest BCUT2D eigenvalue weighted by atomic mass is 10.2. The van der Waals surface area contributed by atoms with Gasteiger partial charge in [0.25, 0.3) is 0 Å². The summed E-state index contributed by atoms with van der Waals surface area (Å²) in [6.45, 7) is 6.82. The van der Waals surface area contributed by atoms with E-state index in [4.69, 9.17) is 0 Å². The largest absolute Gasteiger partial charge is 0.358 e. The third-order valence-electron chi connectivity index (χ3n) is 2.16. The minimum Gasteiger partial charge on any atom is -0.358 e. The quantitative estimate of drug-likeness (QED) is 0.502. The molecule has 0 aliphatic heterocycles. The van der Waals surface area contributed by atoms with E-state index in [1.54, 1.807) is 11.7 Å². The summed E-state index contributed by atoms with van der Waals surface area (Å²) in [7, 11) is 1.61. The Labute approximate surface area is 111 Å². The number of nitrogens with one attached hydrogen (secondary N) is 2. The van der Waals surface area contributed by atoms with E-state index in [0.717, 1.165) is 13.1 Å². The van der Waals surface area contributed by atoms with Crippen LogP contribution in [-0.4, -0.2) is 52.0 Å². The first kappa shape index (κ1) is 14.9. The lowest BCUT2D eigenvalue weighted by Crippen LogP contribution is -2.25. The van der Waals surface area contributed by atoms with Crippen LogP contribution in [0.15, 0.2) is 5.16 Å². The molecule has 8 heteroatoms. The molecule has 1 heterocycles. The van der Waals surface area contributed by atoms with Gasteiger partial charge in [-0.1, -0.05) is 25.6 Å². The molecule has 2 N–H and O–H groups in total. The van der Waals surface area contributed by atoms with Crippen LogP contribution in [0.1, 0.15) is 13.8 Å². The summed E-state index contributed by atoms with van der Waals surface area (Å²) in [6, 6.07) is 0. The third kappa shape index (κ3) is 5.46. The number of aromatic nitrogens is 4. The summed E-state index contributed by atoms with van der Waals surface area (Å²) >= 11 is 1.34. The van der Waals surface area contributed by atoms with Crippen LogP contribution in [0.3, 0.4) is 0 Å². The van der Waals surface area contributed by atoms with Crippen molar-refractivity contribution in [3.63, 3.8) is 0 Å². The molecule has 0 saturated carbocycles. The fourth-order valence-corrected chi connectivity index (χ4v) is 1.99. The van der Waals surface area contributed by atoms with Crippen LogP contribution in [0.2, 0.25) is 0 Å². The van der Waals surface area contributed by atoms with Crippen molar-refractivity contribution < 1.29 is 4.79 Å². The Morgan fingerprint density at radius 1 is 1.50 bits per heavy atom. The van der Waals surface area contributed by atoms with Crippen LogP contribution in [0.4, 0.5) is 0 Å². The number of amides is 1. The predicted molar refractivity (Wildman–Crippen MR) is 70.3 cm³/mol. The molecule has 1 amide bonds. The van der Waals surface area contributed by atoms with Gasteiger partial charge in [-0.05, 0) is 22.9 Å². The second-order valence-electron chi connectivity index (χ2n) is 4.24. The molecule has 1 rings (SSSR count). The Kier molecular flexibility index (Phi) is 6.66. The van der Waals surface area contributed by atoms with Crippen molar-refractivity contribution in [1.29, 1.82) is 0 Å². The van der Waals surface area contributed by atoms with Crippen molar-refractivity contribution in [1.82, 2.24) is 30.8 Å². The first-order valence-corrected chi connectivity index (χ1v) is 6.92. The summed E-state index contributed by atoms with van der Waals surface area (Å²) in [6.07, 6.45) is 0. The maximum absolute atomic E-state index is 11.1. The molecule has 0 spiro atoms. The van der Waals surface area contributed by atoms with Crippen molar-refractivity contribution >= 4 is 17.7 Å². The number of hydrogen-bond acceptors (Lipinski definition) is 6. The Morgan fingerprint density at radius 2 is 2.28 bits per heavy atom. The van der Waals surface area contributed by atoms with Gasteiger partial charge in [0.05, 0.1) is 12.3 Å². The Bertz CT molecular complexity index is 367. The molecule has 0 fully saturated rings. The van der Waals surface area contributed by atoms with Gasteiger partial charge in [-0.15, -0.1) is 5.10 Å². The summed E-state index contributed by atoms with van der Waals surface area (Å²) in [5.74, 6) is 0.921. The maximum atomic E-state index is 11.1. The first-order chi connectivity index (χ1) is 8.63. The molecule has 0 aliphatic carbocycles. The van der Waals surface area contributed by atoms with Gasteiger partial charge in [-0.25, -0.2) is 4.68 Å². The molecule has 0 aliphatic rings. The van der Waals surface area contributed by atoms with E-state index in [9.17, 15) is 4.79 Å². The van der Waals surface area contributed by atoms with Crippen LogP contribution in [0.25, 0.3) is 0 Å². The minimum absolute atomic E-state index is 0.0347. The Balaban J connectivity index is 2.33. The number of tetrazole rings is 1. The number of rotatable bonds is 8. The van der Waals surface area contributed by atoms with E-state index >= 15 is 0 Å². The average molecular weight is 272 g/mol. The van der Waals surface area contributed by atoms with Crippen LogP contribution in [0.5, 0.6) is 0 Å². The summed E-state index contributed by atoms with van der Waals surface area (Å²) < 4.78 is 1.71. The maximum Gasteiger partial charge on any atom is 0.230 e. The molecule has 0 saturated heterocycles. The average Bonchev–Trinajstić information content (AvgIpc) is 2.79. The van der Waals surface area contributed by atoms with Gasteiger partial charge >= 0.3 is 0 Å². The van der Waals surface area contributed by atoms with Crippen LogP contribution >= 0.6 is 11.8 Å². The highest BCUT2D eigenvalue weighted by atomic mass is 32.2. The van der Waals surface area contributed by atoms with Crippen LogP contribution < -0.4 is 10.6 Å². The first-order valence-electron chi connectivity index (χ1n) is 5.93. The van der Waals surface area contributed by atoms with Gasteiger partial charge in [0.1, 0.15) is 0 Å². The molecule has 7 nitrogen and oxygen atoms in total. The third-order valence-corrected chi connectivity index (χ3v) is 3.12. The summed E-state index contributed by atoms with van der Waals surface area (Å²) in [5, 5.41) is 18.0. The number of hydrogen-bond donors (Lipinski definition) is 2. The van der Waals surface area contributed by atoms with E-state index in [0.29, 0.717) is 23.4 Å². The standard InChI is InChI=1S/C10H20N6OS/c1-8(2)6-12-4-5-16-10(13-14-15-16)18-7-9(17)11-3/h8,12H,4-7H2,1-3H3,(H,11,17). The molecule has 0 atom stereocenters.